The van der Waals surface area contributed by atoms with Crippen molar-refractivity contribution < 1.29 is 0 Å². The lowest BCUT2D eigenvalue weighted by Gasteiger charge is -2.11. The summed E-state index contributed by atoms with van der Waals surface area (Å²) in [5, 5.41) is 3.69. The van der Waals surface area contributed by atoms with Crippen LogP contribution in [0.15, 0.2) is 60.0 Å². The van der Waals surface area contributed by atoms with Crippen LogP contribution in [0.1, 0.15) is 24.0 Å². The summed E-state index contributed by atoms with van der Waals surface area (Å²) in [6.45, 7) is 2.28. The molecule has 0 unspecified atom stereocenters. The molecule has 17 heavy (non-hydrogen) atoms. The highest BCUT2D eigenvalue weighted by Crippen LogP contribution is 2.34. The molecule has 0 saturated heterocycles. The highest BCUT2D eigenvalue weighted by Gasteiger charge is 2.12. The number of hydrogen-bond acceptors (Lipinski definition) is 1. The normalized spacial score (nSPS) is 12.8. The Morgan fingerprint density at radius 3 is 2.41 bits per heavy atom. The molecule has 3 rings (SSSR count). The predicted octanol–water partition coefficient (Wildman–Crippen LogP) is 5.05. The molecule has 0 aliphatic heterocycles. The van der Waals surface area contributed by atoms with Crippen molar-refractivity contribution in [2.75, 3.05) is 0 Å². The largest absolute Gasteiger partial charge is 0.143 e. The Hall–Kier alpha value is -1.60. The summed E-state index contributed by atoms with van der Waals surface area (Å²) in [6, 6.07) is 19.4. The van der Waals surface area contributed by atoms with E-state index >= 15 is 0 Å². The van der Waals surface area contributed by atoms with E-state index in [0.717, 1.165) is 0 Å². The van der Waals surface area contributed by atoms with Crippen LogP contribution >= 0.6 is 11.3 Å². The summed E-state index contributed by atoms with van der Waals surface area (Å²) in [4.78, 5) is 0. The molecule has 1 heterocycles. The molecule has 0 radical (unpaired) electrons. The molecule has 0 N–H and O–H groups in total. The van der Waals surface area contributed by atoms with Gasteiger partial charge in [-0.05, 0) is 28.0 Å². The van der Waals surface area contributed by atoms with Gasteiger partial charge >= 0.3 is 0 Å². The van der Waals surface area contributed by atoms with E-state index in [9.17, 15) is 0 Å². The summed E-state index contributed by atoms with van der Waals surface area (Å²) in [5.41, 5.74) is 2.83. The van der Waals surface area contributed by atoms with Crippen LogP contribution in [-0.4, -0.2) is 0 Å². The van der Waals surface area contributed by atoms with Gasteiger partial charge in [-0.1, -0.05) is 55.5 Å². The van der Waals surface area contributed by atoms with Gasteiger partial charge in [-0.25, -0.2) is 0 Å². The average Bonchev–Trinajstić information content (AvgIpc) is 2.83. The molecule has 0 aliphatic carbocycles. The summed E-state index contributed by atoms with van der Waals surface area (Å²) >= 11 is 1.84. The van der Waals surface area contributed by atoms with E-state index in [-0.39, 0.29) is 0 Å². The Balaban J connectivity index is 2.10. The lowest BCUT2D eigenvalue weighted by Crippen LogP contribution is -1.93. The number of fused-ring (bicyclic) bond motifs is 1. The zero-order chi connectivity index (χ0) is 11.7. The first kappa shape index (κ1) is 10.5. The molecule has 84 valence electrons. The van der Waals surface area contributed by atoms with Gasteiger partial charge in [-0.2, -0.15) is 0 Å². The van der Waals surface area contributed by atoms with Crippen LogP contribution in [0.5, 0.6) is 0 Å². The van der Waals surface area contributed by atoms with E-state index in [0.29, 0.717) is 5.92 Å². The Morgan fingerprint density at radius 1 is 0.882 bits per heavy atom. The molecule has 1 aromatic heterocycles. The van der Waals surface area contributed by atoms with E-state index in [2.05, 4.69) is 66.9 Å². The molecule has 2 aromatic carbocycles. The van der Waals surface area contributed by atoms with Crippen molar-refractivity contribution in [2.45, 2.75) is 12.8 Å². The van der Waals surface area contributed by atoms with Crippen LogP contribution in [0.25, 0.3) is 10.1 Å². The monoisotopic (exact) mass is 238 g/mol. The third-order valence-electron chi connectivity index (χ3n) is 3.28. The van der Waals surface area contributed by atoms with Crippen molar-refractivity contribution in [3.63, 3.8) is 0 Å². The Labute approximate surface area is 106 Å². The second-order valence-electron chi connectivity index (χ2n) is 4.32. The Morgan fingerprint density at radius 2 is 1.59 bits per heavy atom. The molecule has 0 saturated carbocycles. The highest BCUT2D eigenvalue weighted by molar-refractivity contribution is 7.17. The topological polar surface area (TPSA) is 0 Å². The summed E-state index contributed by atoms with van der Waals surface area (Å²) in [5.74, 6) is 0.465. The second-order valence-corrected chi connectivity index (χ2v) is 5.23. The molecule has 0 spiro atoms. The lowest BCUT2D eigenvalue weighted by atomic mass is 9.93. The minimum atomic E-state index is 0.465. The molecule has 3 aromatic rings. The van der Waals surface area contributed by atoms with Gasteiger partial charge < -0.3 is 0 Å². The van der Waals surface area contributed by atoms with Crippen LogP contribution in [0, 0.1) is 0 Å². The minimum absolute atomic E-state index is 0.465. The molecular formula is C16H14S. The maximum Gasteiger partial charge on any atom is 0.0345 e. The van der Waals surface area contributed by atoms with E-state index < -0.39 is 0 Å². The summed E-state index contributed by atoms with van der Waals surface area (Å²) in [7, 11) is 0. The second kappa shape index (κ2) is 4.34. The van der Waals surface area contributed by atoms with Crippen molar-refractivity contribution in [3.8, 4) is 0 Å². The predicted molar refractivity (Wildman–Crippen MR) is 75.8 cm³/mol. The Kier molecular flexibility index (Phi) is 2.69. The van der Waals surface area contributed by atoms with Crippen molar-refractivity contribution in [2.24, 2.45) is 0 Å². The molecule has 1 atom stereocenters. The third-order valence-corrected chi connectivity index (χ3v) is 4.26. The fourth-order valence-corrected chi connectivity index (χ4v) is 3.31. The first-order valence-electron chi connectivity index (χ1n) is 5.87. The number of hydrogen-bond donors (Lipinski definition) is 0. The maximum absolute atomic E-state index is 2.29. The van der Waals surface area contributed by atoms with Gasteiger partial charge in [0.2, 0.25) is 0 Å². The lowest BCUT2D eigenvalue weighted by molar-refractivity contribution is 0.938. The summed E-state index contributed by atoms with van der Waals surface area (Å²) < 4.78 is 1.38. The van der Waals surface area contributed by atoms with Crippen molar-refractivity contribution >= 4 is 21.4 Å². The summed E-state index contributed by atoms with van der Waals surface area (Å²) in [6.07, 6.45) is 0. The van der Waals surface area contributed by atoms with Gasteiger partial charge in [0.25, 0.3) is 0 Å². The number of rotatable bonds is 2. The van der Waals surface area contributed by atoms with E-state index in [1.165, 1.54) is 21.2 Å². The van der Waals surface area contributed by atoms with E-state index in [4.69, 9.17) is 0 Å². The first-order chi connectivity index (χ1) is 8.36. The molecule has 0 nitrogen and oxygen atoms in total. The van der Waals surface area contributed by atoms with Crippen molar-refractivity contribution in [1.29, 1.82) is 0 Å². The molecular weight excluding hydrogens is 224 g/mol. The fourth-order valence-electron chi connectivity index (χ4n) is 2.25. The molecule has 1 heteroatoms. The van der Waals surface area contributed by atoms with Gasteiger partial charge in [0.1, 0.15) is 0 Å². The third kappa shape index (κ3) is 1.87. The van der Waals surface area contributed by atoms with Crippen LogP contribution in [0.4, 0.5) is 0 Å². The highest BCUT2D eigenvalue weighted by atomic mass is 32.1. The van der Waals surface area contributed by atoms with Gasteiger partial charge in [0, 0.05) is 10.6 Å². The average molecular weight is 238 g/mol. The van der Waals surface area contributed by atoms with Crippen molar-refractivity contribution in [1.82, 2.24) is 0 Å². The van der Waals surface area contributed by atoms with Crippen LogP contribution in [0.2, 0.25) is 0 Å². The van der Waals surface area contributed by atoms with Gasteiger partial charge in [-0.15, -0.1) is 11.3 Å². The molecule has 0 fully saturated rings. The zero-order valence-electron chi connectivity index (χ0n) is 9.76. The minimum Gasteiger partial charge on any atom is -0.143 e. The quantitative estimate of drug-likeness (QED) is 0.586. The smallest absolute Gasteiger partial charge is 0.0345 e. The van der Waals surface area contributed by atoms with Crippen molar-refractivity contribution in [3.05, 3.63) is 71.1 Å². The van der Waals surface area contributed by atoms with Crippen LogP contribution < -0.4 is 0 Å². The molecule has 0 bridgehead atoms. The zero-order valence-corrected chi connectivity index (χ0v) is 10.6. The molecule has 0 aliphatic rings. The van der Waals surface area contributed by atoms with E-state index in [1.54, 1.807) is 0 Å². The standard InChI is InChI=1S/C16H14S/c1-12(13-7-3-2-4-8-13)15-11-17-16-10-6-5-9-14(15)16/h2-12H,1H3/t12-/m1/s1. The van der Waals surface area contributed by atoms with E-state index in [1.807, 2.05) is 11.3 Å². The number of thiophene rings is 1. The first-order valence-corrected chi connectivity index (χ1v) is 6.75. The van der Waals surface area contributed by atoms with Gasteiger partial charge in [0.05, 0.1) is 0 Å². The van der Waals surface area contributed by atoms with Gasteiger partial charge in [0.15, 0.2) is 0 Å². The Bertz CT molecular complexity index is 622. The SMILES string of the molecule is C[C@H](c1ccccc1)c1csc2ccccc12. The van der Waals surface area contributed by atoms with Crippen LogP contribution in [-0.2, 0) is 0 Å². The maximum atomic E-state index is 2.29. The molecule has 0 amide bonds. The fraction of sp³-hybridized carbons (Fsp3) is 0.125. The van der Waals surface area contributed by atoms with Crippen LogP contribution in [0.3, 0.4) is 0 Å². The number of benzene rings is 2. The van der Waals surface area contributed by atoms with Gasteiger partial charge in [-0.3, -0.25) is 0 Å².